The fourth-order valence-corrected chi connectivity index (χ4v) is 2.72. The van der Waals surface area contributed by atoms with Crippen molar-refractivity contribution < 1.29 is 4.74 Å². The minimum absolute atomic E-state index is 0.378. The van der Waals surface area contributed by atoms with Crippen LogP contribution in [-0.4, -0.2) is 6.10 Å². The maximum Gasteiger partial charge on any atom is 0.134 e. The Bertz CT molecular complexity index is 359. The Morgan fingerprint density at radius 3 is 2.62 bits per heavy atom. The van der Waals surface area contributed by atoms with Crippen LogP contribution in [0, 0.1) is 9.49 Å². The third-order valence-corrected chi connectivity index (χ3v) is 4.28. The van der Waals surface area contributed by atoms with Crippen LogP contribution in [0.1, 0.15) is 32.6 Å². The molecule has 0 heterocycles. The lowest BCUT2D eigenvalue weighted by Crippen LogP contribution is -2.23. The second kappa shape index (κ2) is 5.58. The molecule has 1 nitrogen and oxygen atoms in total. The summed E-state index contributed by atoms with van der Waals surface area (Å²) in [5.74, 6) is 1.80. The van der Waals surface area contributed by atoms with E-state index in [1.165, 1.54) is 25.7 Å². The van der Waals surface area contributed by atoms with Gasteiger partial charge in [0.05, 0.1) is 9.67 Å². The summed E-state index contributed by atoms with van der Waals surface area (Å²) in [5, 5.41) is 0.750. The van der Waals surface area contributed by atoms with Gasteiger partial charge < -0.3 is 4.74 Å². The van der Waals surface area contributed by atoms with Crippen LogP contribution in [0.15, 0.2) is 18.2 Å². The van der Waals surface area contributed by atoms with Gasteiger partial charge in [-0.05, 0) is 72.4 Å². The van der Waals surface area contributed by atoms with E-state index in [-0.39, 0.29) is 0 Å². The monoisotopic (exact) mass is 350 g/mol. The molecule has 3 heteroatoms. The van der Waals surface area contributed by atoms with Crippen LogP contribution < -0.4 is 4.74 Å². The largest absolute Gasteiger partial charge is 0.489 e. The normalized spacial score (nSPS) is 25.4. The molecule has 0 bridgehead atoms. The molecule has 1 aliphatic carbocycles. The Labute approximate surface area is 116 Å². The molecule has 1 fully saturated rings. The zero-order valence-electron chi connectivity index (χ0n) is 9.38. The molecule has 0 aromatic heterocycles. The van der Waals surface area contributed by atoms with Crippen molar-refractivity contribution in [3.05, 3.63) is 26.8 Å². The van der Waals surface area contributed by atoms with E-state index in [4.69, 9.17) is 16.3 Å². The summed E-state index contributed by atoms with van der Waals surface area (Å²) in [6, 6.07) is 5.82. The lowest BCUT2D eigenvalue weighted by molar-refractivity contribution is 0.134. The first kappa shape index (κ1) is 12.5. The van der Waals surface area contributed by atoms with Crippen molar-refractivity contribution in [2.45, 2.75) is 38.7 Å². The SMILES string of the molecule is CC1CCC(Oc2cc(Cl)ccc2I)CC1. The van der Waals surface area contributed by atoms with Crippen molar-refractivity contribution in [3.8, 4) is 5.75 Å². The minimum atomic E-state index is 0.378. The van der Waals surface area contributed by atoms with E-state index >= 15 is 0 Å². The fourth-order valence-electron chi connectivity index (χ4n) is 2.09. The summed E-state index contributed by atoms with van der Waals surface area (Å²) < 4.78 is 7.16. The van der Waals surface area contributed by atoms with Gasteiger partial charge in [0.2, 0.25) is 0 Å². The maximum absolute atomic E-state index is 6.02. The molecule has 0 radical (unpaired) electrons. The van der Waals surface area contributed by atoms with Gasteiger partial charge in [-0.1, -0.05) is 18.5 Å². The van der Waals surface area contributed by atoms with Crippen molar-refractivity contribution in [2.24, 2.45) is 5.92 Å². The summed E-state index contributed by atoms with van der Waals surface area (Å²) in [7, 11) is 0. The molecule has 0 N–H and O–H groups in total. The van der Waals surface area contributed by atoms with Crippen molar-refractivity contribution in [3.63, 3.8) is 0 Å². The Kier molecular flexibility index (Phi) is 4.36. The number of benzene rings is 1. The van der Waals surface area contributed by atoms with E-state index in [0.717, 1.165) is 20.3 Å². The summed E-state index contributed by atoms with van der Waals surface area (Å²) in [6.07, 6.45) is 5.28. The van der Waals surface area contributed by atoms with Crippen LogP contribution in [0.2, 0.25) is 5.02 Å². The van der Waals surface area contributed by atoms with Gasteiger partial charge in [0.1, 0.15) is 5.75 Å². The zero-order valence-corrected chi connectivity index (χ0v) is 12.3. The number of rotatable bonds is 2. The van der Waals surface area contributed by atoms with Crippen molar-refractivity contribution >= 4 is 34.2 Å². The molecule has 2 rings (SSSR count). The molecule has 0 unspecified atom stereocenters. The quantitative estimate of drug-likeness (QED) is 0.689. The standard InChI is InChI=1S/C13H16ClIO/c1-9-2-5-11(6-3-9)16-13-8-10(14)4-7-12(13)15/h4,7-9,11H,2-3,5-6H2,1H3. The Balaban J connectivity index is 2.00. The van der Waals surface area contributed by atoms with Gasteiger partial charge in [0.15, 0.2) is 0 Å². The molecule has 0 aliphatic heterocycles. The van der Waals surface area contributed by atoms with E-state index in [1.54, 1.807) is 0 Å². The first-order chi connectivity index (χ1) is 7.65. The molecule has 1 aliphatic rings. The number of hydrogen-bond acceptors (Lipinski definition) is 1. The van der Waals surface area contributed by atoms with E-state index < -0.39 is 0 Å². The van der Waals surface area contributed by atoms with Crippen LogP contribution in [0.25, 0.3) is 0 Å². The Morgan fingerprint density at radius 1 is 1.25 bits per heavy atom. The van der Waals surface area contributed by atoms with E-state index in [1.807, 2.05) is 18.2 Å². The second-order valence-corrected chi connectivity index (χ2v) is 6.17. The van der Waals surface area contributed by atoms with Gasteiger partial charge in [0.25, 0.3) is 0 Å². The second-order valence-electron chi connectivity index (χ2n) is 4.57. The van der Waals surface area contributed by atoms with Crippen LogP contribution >= 0.6 is 34.2 Å². The minimum Gasteiger partial charge on any atom is -0.489 e. The summed E-state index contributed by atoms with van der Waals surface area (Å²) in [4.78, 5) is 0. The molecular weight excluding hydrogens is 334 g/mol. The average Bonchev–Trinajstić information content (AvgIpc) is 2.27. The van der Waals surface area contributed by atoms with Crippen LogP contribution in [0.3, 0.4) is 0 Å². The van der Waals surface area contributed by atoms with Gasteiger partial charge in [0, 0.05) is 5.02 Å². The highest BCUT2D eigenvalue weighted by Crippen LogP contribution is 2.30. The van der Waals surface area contributed by atoms with Gasteiger partial charge in [-0.2, -0.15) is 0 Å². The highest BCUT2D eigenvalue weighted by molar-refractivity contribution is 14.1. The summed E-state index contributed by atoms with van der Waals surface area (Å²) in [5.41, 5.74) is 0. The average molecular weight is 351 g/mol. The summed E-state index contributed by atoms with van der Waals surface area (Å²) >= 11 is 8.27. The van der Waals surface area contributed by atoms with E-state index in [2.05, 4.69) is 29.5 Å². The lowest BCUT2D eigenvalue weighted by atomic mass is 9.89. The molecule has 1 saturated carbocycles. The lowest BCUT2D eigenvalue weighted by Gasteiger charge is -2.27. The van der Waals surface area contributed by atoms with Crippen LogP contribution in [0.4, 0.5) is 0 Å². The summed E-state index contributed by atoms with van der Waals surface area (Å²) in [6.45, 7) is 2.32. The van der Waals surface area contributed by atoms with Gasteiger partial charge >= 0.3 is 0 Å². The fraction of sp³-hybridized carbons (Fsp3) is 0.538. The van der Waals surface area contributed by atoms with Crippen LogP contribution in [-0.2, 0) is 0 Å². The molecule has 0 saturated heterocycles. The highest BCUT2D eigenvalue weighted by Gasteiger charge is 2.20. The zero-order chi connectivity index (χ0) is 11.5. The maximum atomic E-state index is 6.02. The Hall–Kier alpha value is 0.0400. The predicted molar refractivity (Wildman–Crippen MR) is 76.2 cm³/mol. The molecular formula is C13H16ClIO. The van der Waals surface area contributed by atoms with Crippen molar-refractivity contribution in [1.82, 2.24) is 0 Å². The van der Waals surface area contributed by atoms with Gasteiger partial charge in [-0.3, -0.25) is 0 Å². The predicted octanol–water partition coefficient (Wildman–Crippen LogP) is 4.90. The first-order valence-electron chi connectivity index (χ1n) is 5.77. The molecule has 88 valence electrons. The molecule has 1 aromatic carbocycles. The van der Waals surface area contributed by atoms with Crippen molar-refractivity contribution in [2.75, 3.05) is 0 Å². The topological polar surface area (TPSA) is 9.23 Å². The smallest absolute Gasteiger partial charge is 0.134 e. The number of hydrogen-bond donors (Lipinski definition) is 0. The van der Waals surface area contributed by atoms with E-state index in [9.17, 15) is 0 Å². The van der Waals surface area contributed by atoms with E-state index in [0.29, 0.717) is 6.10 Å². The number of ether oxygens (including phenoxy) is 1. The molecule has 0 atom stereocenters. The third kappa shape index (κ3) is 3.27. The molecule has 0 amide bonds. The van der Waals surface area contributed by atoms with Crippen molar-refractivity contribution in [1.29, 1.82) is 0 Å². The number of halogens is 2. The third-order valence-electron chi connectivity index (χ3n) is 3.15. The van der Waals surface area contributed by atoms with Gasteiger partial charge in [-0.15, -0.1) is 0 Å². The highest BCUT2D eigenvalue weighted by atomic mass is 127. The molecule has 1 aromatic rings. The van der Waals surface area contributed by atoms with Gasteiger partial charge in [-0.25, -0.2) is 0 Å². The Morgan fingerprint density at radius 2 is 1.94 bits per heavy atom. The molecule has 0 spiro atoms. The van der Waals surface area contributed by atoms with Crippen LogP contribution in [0.5, 0.6) is 5.75 Å². The first-order valence-corrected chi connectivity index (χ1v) is 7.22. The molecule has 16 heavy (non-hydrogen) atoms.